The second-order valence-corrected chi connectivity index (χ2v) is 9.61. The molecule has 0 saturated carbocycles. The van der Waals surface area contributed by atoms with Crippen molar-refractivity contribution < 1.29 is 14.6 Å². The van der Waals surface area contributed by atoms with Crippen molar-refractivity contribution in [3.05, 3.63) is 59.2 Å². The van der Waals surface area contributed by atoms with Crippen LogP contribution in [0.2, 0.25) is 0 Å². The summed E-state index contributed by atoms with van der Waals surface area (Å²) in [4.78, 5) is 15.6. The first-order valence-corrected chi connectivity index (χ1v) is 10.7. The van der Waals surface area contributed by atoms with E-state index in [1.54, 1.807) is 6.07 Å². The maximum absolute atomic E-state index is 13.6. The third-order valence-electron chi connectivity index (χ3n) is 8.10. The molecule has 2 aromatic rings. The summed E-state index contributed by atoms with van der Waals surface area (Å²) in [5.74, 6) is 1.29. The minimum atomic E-state index is -0.421. The van der Waals surface area contributed by atoms with Gasteiger partial charge in [0.25, 0.3) is 5.91 Å². The Hall–Kier alpha value is -2.49. The van der Waals surface area contributed by atoms with Crippen molar-refractivity contribution in [2.75, 3.05) is 6.54 Å². The Bertz CT molecular complexity index is 982. The second kappa shape index (κ2) is 6.25. The average Bonchev–Trinajstić information content (AvgIpc) is 2.70. The van der Waals surface area contributed by atoms with Gasteiger partial charge in [-0.2, -0.15) is 0 Å². The predicted molar refractivity (Wildman–Crippen MR) is 112 cm³/mol. The minimum absolute atomic E-state index is 0.0512. The zero-order valence-corrected chi connectivity index (χ0v) is 17.4. The molecular formula is C25H29NO3. The first-order valence-electron chi connectivity index (χ1n) is 10.7. The summed E-state index contributed by atoms with van der Waals surface area (Å²) >= 11 is 0. The van der Waals surface area contributed by atoms with Gasteiger partial charge in [-0.25, -0.2) is 0 Å². The third-order valence-corrected chi connectivity index (χ3v) is 8.10. The Kier molecular flexibility index (Phi) is 4.00. The van der Waals surface area contributed by atoms with Crippen LogP contribution in [0.5, 0.6) is 11.5 Å². The van der Waals surface area contributed by atoms with Crippen LogP contribution in [0.3, 0.4) is 0 Å². The summed E-state index contributed by atoms with van der Waals surface area (Å²) in [6.07, 6.45) is 2.76. The maximum Gasteiger partial charge on any atom is 0.263 e. The number of para-hydroxylation sites is 1. The first-order chi connectivity index (χ1) is 13.8. The fourth-order valence-electron chi connectivity index (χ4n) is 5.87. The van der Waals surface area contributed by atoms with Gasteiger partial charge in [0.05, 0.1) is 0 Å². The van der Waals surface area contributed by atoms with Crippen molar-refractivity contribution in [1.29, 1.82) is 0 Å². The lowest BCUT2D eigenvalue weighted by Gasteiger charge is -2.61. The lowest BCUT2D eigenvalue weighted by Crippen LogP contribution is -2.66. The fraction of sp³-hybridized carbons (Fsp3) is 0.480. The van der Waals surface area contributed by atoms with Gasteiger partial charge in [-0.05, 0) is 59.9 Å². The van der Waals surface area contributed by atoms with Gasteiger partial charge >= 0.3 is 0 Å². The molecule has 1 fully saturated rings. The highest BCUT2D eigenvalue weighted by Gasteiger charge is 2.57. The highest BCUT2D eigenvalue weighted by Crippen LogP contribution is 2.57. The number of nitrogens with zero attached hydrogens (tertiary/aromatic N) is 1. The summed E-state index contributed by atoms with van der Waals surface area (Å²) in [6.45, 7) is 7.59. The Morgan fingerprint density at radius 3 is 2.76 bits per heavy atom. The van der Waals surface area contributed by atoms with Crippen molar-refractivity contribution in [3.63, 3.8) is 0 Å². The molecule has 1 unspecified atom stereocenters. The molecule has 1 N–H and O–H groups in total. The quantitative estimate of drug-likeness (QED) is 0.792. The van der Waals surface area contributed by atoms with Crippen LogP contribution in [0.4, 0.5) is 0 Å². The molecule has 0 spiro atoms. The van der Waals surface area contributed by atoms with E-state index in [1.807, 2.05) is 24.3 Å². The number of rotatable bonds is 1. The molecule has 1 aliphatic carbocycles. The van der Waals surface area contributed by atoms with Gasteiger partial charge in [-0.15, -0.1) is 0 Å². The number of phenolic OH excluding ortho intramolecular Hbond substituents is 1. The van der Waals surface area contributed by atoms with E-state index in [4.69, 9.17) is 4.74 Å². The van der Waals surface area contributed by atoms with Gasteiger partial charge in [-0.1, -0.05) is 51.1 Å². The highest BCUT2D eigenvalue weighted by molar-refractivity contribution is 5.82. The van der Waals surface area contributed by atoms with Gasteiger partial charge in [0.2, 0.25) is 0 Å². The second-order valence-electron chi connectivity index (χ2n) is 9.61. The van der Waals surface area contributed by atoms with E-state index in [-0.39, 0.29) is 22.8 Å². The lowest BCUT2D eigenvalue weighted by molar-refractivity contribution is -0.152. The monoisotopic (exact) mass is 391 g/mol. The summed E-state index contributed by atoms with van der Waals surface area (Å²) in [6, 6.07) is 13.9. The zero-order chi connectivity index (χ0) is 20.4. The van der Waals surface area contributed by atoms with Crippen LogP contribution in [0, 0.1) is 5.41 Å². The average molecular weight is 392 g/mol. The standard InChI is InChI=1S/C25H29NO3/c1-24(2)22-15-17-18(8-6-9-19(17)27)25(24,3)13-14-26(22)23(28)21-12-11-16-7-4-5-10-20(16)29-21/h4-10,21-22,27H,11-15H2,1-3H3/t21?,22-,25+/m1/s1. The number of carbonyl (C=O) groups is 1. The largest absolute Gasteiger partial charge is 0.508 e. The Balaban J connectivity index is 1.48. The molecule has 29 heavy (non-hydrogen) atoms. The molecule has 2 aliphatic heterocycles. The van der Waals surface area contributed by atoms with Gasteiger partial charge in [-0.3, -0.25) is 4.79 Å². The third kappa shape index (κ3) is 2.54. The molecule has 0 radical (unpaired) electrons. The molecule has 152 valence electrons. The molecular weight excluding hydrogens is 362 g/mol. The topological polar surface area (TPSA) is 49.8 Å². The van der Waals surface area contributed by atoms with Crippen molar-refractivity contribution in [1.82, 2.24) is 4.90 Å². The van der Waals surface area contributed by atoms with Crippen LogP contribution in [0.25, 0.3) is 0 Å². The molecule has 2 heterocycles. The number of aryl methyl sites for hydroxylation is 1. The number of amides is 1. The van der Waals surface area contributed by atoms with Crippen molar-refractivity contribution in [2.45, 2.75) is 64.0 Å². The summed E-state index contributed by atoms with van der Waals surface area (Å²) in [5.41, 5.74) is 3.27. The lowest BCUT2D eigenvalue weighted by atomic mass is 9.51. The number of benzene rings is 2. The van der Waals surface area contributed by atoms with Crippen molar-refractivity contribution >= 4 is 5.91 Å². The predicted octanol–water partition coefficient (Wildman–Crippen LogP) is 4.23. The highest BCUT2D eigenvalue weighted by atomic mass is 16.5. The van der Waals surface area contributed by atoms with E-state index in [9.17, 15) is 9.90 Å². The Morgan fingerprint density at radius 1 is 1.14 bits per heavy atom. The minimum Gasteiger partial charge on any atom is -0.508 e. The molecule has 2 bridgehead atoms. The number of piperidine rings is 1. The van der Waals surface area contributed by atoms with E-state index in [1.165, 1.54) is 11.1 Å². The van der Waals surface area contributed by atoms with Crippen molar-refractivity contribution in [2.24, 2.45) is 5.41 Å². The smallest absolute Gasteiger partial charge is 0.263 e. The van der Waals surface area contributed by atoms with E-state index in [0.29, 0.717) is 12.2 Å². The molecule has 1 saturated heterocycles. The molecule has 4 heteroatoms. The number of aromatic hydroxyl groups is 1. The van der Waals surface area contributed by atoms with Crippen LogP contribution in [-0.4, -0.2) is 34.6 Å². The fourth-order valence-corrected chi connectivity index (χ4v) is 5.87. The number of hydrogen-bond donors (Lipinski definition) is 1. The van der Waals surface area contributed by atoms with Crippen LogP contribution >= 0.6 is 0 Å². The molecule has 1 amide bonds. The van der Waals surface area contributed by atoms with E-state index >= 15 is 0 Å². The van der Waals surface area contributed by atoms with Gasteiger partial charge < -0.3 is 14.7 Å². The number of fused-ring (bicyclic) bond motifs is 5. The number of hydrogen-bond acceptors (Lipinski definition) is 3. The number of phenols is 1. The molecule has 0 aromatic heterocycles. The summed E-state index contributed by atoms with van der Waals surface area (Å²) < 4.78 is 6.13. The van der Waals surface area contributed by atoms with Crippen LogP contribution in [0.1, 0.15) is 50.3 Å². The summed E-state index contributed by atoms with van der Waals surface area (Å²) in [7, 11) is 0. The normalized spacial score (nSPS) is 29.4. The SMILES string of the molecule is CC1(C)[C@H]2Cc3c(O)cccc3[C@]1(C)CCN2C(=O)C1CCc2ccccc2O1. The Labute approximate surface area is 172 Å². The number of ether oxygens (including phenoxy) is 1. The number of likely N-dealkylation sites (tertiary alicyclic amines) is 1. The molecule has 3 atom stereocenters. The molecule has 4 nitrogen and oxygen atoms in total. The molecule has 2 aromatic carbocycles. The zero-order valence-electron chi connectivity index (χ0n) is 17.4. The van der Waals surface area contributed by atoms with Gasteiger partial charge in [0.15, 0.2) is 6.10 Å². The van der Waals surface area contributed by atoms with Gasteiger partial charge in [0.1, 0.15) is 11.5 Å². The first kappa shape index (κ1) is 18.5. The van der Waals surface area contributed by atoms with E-state index in [0.717, 1.165) is 37.1 Å². The van der Waals surface area contributed by atoms with Gasteiger partial charge in [0, 0.05) is 18.0 Å². The maximum atomic E-state index is 13.6. The summed E-state index contributed by atoms with van der Waals surface area (Å²) in [5, 5.41) is 10.6. The van der Waals surface area contributed by atoms with Crippen LogP contribution in [0.15, 0.2) is 42.5 Å². The van der Waals surface area contributed by atoms with Crippen LogP contribution < -0.4 is 4.74 Å². The van der Waals surface area contributed by atoms with E-state index < -0.39 is 6.10 Å². The van der Waals surface area contributed by atoms with E-state index in [2.05, 4.69) is 37.8 Å². The number of carbonyl (C=O) groups excluding carboxylic acids is 1. The molecule has 5 rings (SSSR count). The van der Waals surface area contributed by atoms with Crippen molar-refractivity contribution in [3.8, 4) is 11.5 Å². The molecule has 3 aliphatic rings. The van der Waals surface area contributed by atoms with Crippen LogP contribution in [-0.2, 0) is 23.1 Å². The Morgan fingerprint density at radius 2 is 1.93 bits per heavy atom.